The summed E-state index contributed by atoms with van der Waals surface area (Å²) >= 11 is 0. The number of halogens is 1. The zero-order chi connectivity index (χ0) is 15.9. The highest BCUT2D eigenvalue weighted by atomic mass is 127. The average Bonchev–Trinajstić information content (AvgIpc) is 2.81. The molecular formula is C16H35IN4O2. The summed E-state index contributed by atoms with van der Waals surface area (Å²) in [6.45, 7) is 7.48. The van der Waals surface area contributed by atoms with E-state index < -0.39 is 0 Å². The molecule has 1 aliphatic heterocycles. The second kappa shape index (κ2) is 16.7. The molecule has 1 heterocycles. The Kier molecular flexibility index (Phi) is 16.6. The first-order chi connectivity index (χ1) is 10.9. The number of guanidine groups is 1. The Balaban J connectivity index is 0.00000484. The summed E-state index contributed by atoms with van der Waals surface area (Å²) in [7, 11) is 3.50. The van der Waals surface area contributed by atoms with Crippen LogP contribution in [0, 0.1) is 0 Å². The van der Waals surface area contributed by atoms with Crippen molar-refractivity contribution in [1.82, 2.24) is 15.5 Å². The zero-order valence-electron chi connectivity index (χ0n) is 14.8. The van der Waals surface area contributed by atoms with Crippen LogP contribution >= 0.6 is 24.0 Å². The lowest BCUT2D eigenvalue weighted by molar-refractivity contribution is 0.0698. The molecule has 1 aliphatic rings. The lowest BCUT2D eigenvalue weighted by Gasteiger charge is -2.20. The molecule has 0 atom stereocenters. The number of hydrogen-bond acceptors (Lipinski definition) is 4. The van der Waals surface area contributed by atoms with Gasteiger partial charge in [-0.1, -0.05) is 12.8 Å². The molecule has 2 N–H and O–H groups in total. The number of rotatable bonds is 10. The largest absolute Gasteiger partial charge is 0.382 e. The van der Waals surface area contributed by atoms with E-state index in [2.05, 4.69) is 20.5 Å². The Bertz CT molecular complexity index is 285. The van der Waals surface area contributed by atoms with Crippen molar-refractivity contribution < 1.29 is 9.47 Å². The number of ether oxygens (including phenoxy) is 2. The van der Waals surface area contributed by atoms with Gasteiger partial charge in [-0.15, -0.1) is 24.0 Å². The van der Waals surface area contributed by atoms with E-state index in [9.17, 15) is 0 Å². The summed E-state index contributed by atoms with van der Waals surface area (Å²) in [5.41, 5.74) is 0. The number of nitrogens with one attached hydrogen (secondary N) is 2. The molecule has 0 aromatic carbocycles. The summed E-state index contributed by atoms with van der Waals surface area (Å²) in [6, 6.07) is 0. The van der Waals surface area contributed by atoms with Gasteiger partial charge in [0.15, 0.2) is 5.96 Å². The summed E-state index contributed by atoms with van der Waals surface area (Å²) in [4.78, 5) is 6.80. The minimum atomic E-state index is 0. The van der Waals surface area contributed by atoms with Crippen LogP contribution in [-0.4, -0.2) is 77.6 Å². The van der Waals surface area contributed by atoms with Crippen molar-refractivity contribution in [3.8, 4) is 0 Å². The van der Waals surface area contributed by atoms with Gasteiger partial charge < -0.3 is 25.0 Å². The minimum absolute atomic E-state index is 0. The predicted octanol–water partition coefficient (Wildman–Crippen LogP) is 1.70. The number of methoxy groups -OCH3 is 1. The maximum absolute atomic E-state index is 5.43. The van der Waals surface area contributed by atoms with Crippen LogP contribution in [-0.2, 0) is 9.47 Å². The van der Waals surface area contributed by atoms with Gasteiger partial charge in [0, 0.05) is 40.4 Å². The average molecular weight is 442 g/mol. The first kappa shape index (κ1) is 22.9. The lowest BCUT2D eigenvalue weighted by atomic mass is 10.2. The second-order valence-electron chi connectivity index (χ2n) is 5.64. The molecule has 0 radical (unpaired) electrons. The highest BCUT2D eigenvalue weighted by molar-refractivity contribution is 14.0. The third-order valence-corrected chi connectivity index (χ3v) is 3.83. The summed E-state index contributed by atoms with van der Waals surface area (Å²) in [5, 5.41) is 6.70. The van der Waals surface area contributed by atoms with Crippen LogP contribution in [0.2, 0.25) is 0 Å². The van der Waals surface area contributed by atoms with Gasteiger partial charge in [-0.25, -0.2) is 0 Å². The van der Waals surface area contributed by atoms with Gasteiger partial charge in [0.1, 0.15) is 0 Å². The molecule has 1 saturated heterocycles. The van der Waals surface area contributed by atoms with Crippen molar-refractivity contribution in [2.45, 2.75) is 32.1 Å². The summed E-state index contributed by atoms with van der Waals surface area (Å²) < 4.78 is 10.4. The van der Waals surface area contributed by atoms with Gasteiger partial charge in [-0.05, 0) is 32.4 Å². The Morgan fingerprint density at radius 3 is 2.35 bits per heavy atom. The van der Waals surface area contributed by atoms with E-state index in [1.165, 1.54) is 38.8 Å². The van der Waals surface area contributed by atoms with Gasteiger partial charge in [0.05, 0.1) is 13.2 Å². The zero-order valence-corrected chi connectivity index (χ0v) is 17.1. The fourth-order valence-corrected chi connectivity index (χ4v) is 2.54. The highest BCUT2D eigenvalue weighted by Gasteiger charge is 2.08. The van der Waals surface area contributed by atoms with Gasteiger partial charge in [-0.2, -0.15) is 0 Å². The van der Waals surface area contributed by atoms with Crippen molar-refractivity contribution in [3.63, 3.8) is 0 Å². The van der Waals surface area contributed by atoms with E-state index >= 15 is 0 Å². The smallest absolute Gasteiger partial charge is 0.191 e. The summed E-state index contributed by atoms with van der Waals surface area (Å²) in [5.74, 6) is 0.881. The van der Waals surface area contributed by atoms with Crippen molar-refractivity contribution in [2.24, 2.45) is 4.99 Å². The molecule has 0 unspecified atom stereocenters. The highest BCUT2D eigenvalue weighted by Crippen LogP contribution is 2.08. The Morgan fingerprint density at radius 1 is 1.00 bits per heavy atom. The molecule has 6 nitrogen and oxygen atoms in total. The second-order valence-corrected chi connectivity index (χ2v) is 5.64. The molecule has 0 aromatic rings. The van der Waals surface area contributed by atoms with Crippen LogP contribution in [0.25, 0.3) is 0 Å². The molecule has 0 aromatic heterocycles. The maximum Gasteiger partial charge on any atom is 0.191 e. The quantitative estimate of drug-likeness (QED) is 0.234. The van der Waals surface area contributed by atoms with Crippen molar-refractivity contribution in [1.29, 1.82) is 0 Å². The molecule has 0 amide bonds. The van der Waals surface area contributed by atoms with Gasteiger partial charge in [-0.3, -0.25) is 4.99 Å². The maximum atomic E-state index is 5.43. The van der Waals surface area contributed by atoms with Crippen LogP contribution in [0.15, 0.2) is 4.99 Å². The van der Waals surface area contributed by atoms with Crippen LogP contribution < -0.4 is 10.6 Å². The van der Waals surface area contributed by atoms with E-state index in [1.54, 1.807) is 7.11 Å². The molecule has 7 heteroatoms. The number of likely N-dealkylation sites (tertiary alicyclic amines) is 1. The standard InChI is InChI=1S/C16H34N4O2.HI/c1-17-16(18-8-7-13-22-15-14-21-2)19-9-12-20-10-5-3-4-6-11-20;/h3-15H2,1-2H3,(H2,17,18,19);1H. The Hall–Kier alpha value is -0.120. The fraction of sp³-hybridized carbons (Fsp3) is 0.938. The molecule has 0 aliphatic carbocycles. The molecule has 0 saturated carbocycles. The minimum Gasteiger partial charge on any atom is -0.382 e. The van der Waals surface area contributed by atoms with Crippen LogP contribution in [0.1, 0.15) is 32.1 Å². The SMILES string of the molecule is CN=C(NCCCOCCOC)NCCN1CCCCCC1.I. The Morgan fingerprint density at radius 2 is 1.70 bits per heavy atom. The number of aliphatic imine (C=N–C) groups is 1. The van der Waals surface area contributed by atoms with Crippen molar-refractivity contribution in [2.75, 3.05) is 66.7 Å². The third-order valence-electron chi connectivity index (χ3n) is 3.83. The molecule has 1 fully saturated rings. The molecule has 1 rings (SSSR count). The molecule has 23 heavy (non-hydrogen) atoms. The Labute approximate surface area is 158 Å². The fourth-order valence-electron chi connectivity index (χ4n) is 2.54. The molecule has 0 spiro atoms. The van der Waals surface area contributed by atoms with E-state index in [0.717, 1.165) is 38.6 Å². The number of nitrogens with zero attached hydrogens (tertiary/aromatic N) is 2. The number of hydrogen-bond donors (Lipinski definition) is 2. The van der Waals surface area contributed by atoms with Crippen molar-refractivity contribution in [3.05, 3.63) is 0 Å². The third kappa shape index (κ3) is 12.9. The van der Waals surface area contributed by atoms with Crippen LogP contribution in [0.3, 0.4) is 0 Å². The van der Waals surface area contributed by atoms with E-state index in [-0.39, 0.29) is 24.0 Å². The van der Waals surface area contributed by atoms with E-state index in [0.29, 0.717) is 13.2 Å². The van der Waals surface area contributed by atoms with Gasteiger partial charge in [0.2, 0.25) is 0 Å². The van der Waals surface area contributed by atoms with Gasteiger partial charge >= 0.3 is 0 Å². The first-order valence-corrected chi connectivity index (χ1v) is 8.60. The monoisotopic (exact) mass is 442 g/mol. The topological polar surface area (TPSA) is 58.1 Å². The normalized spacial score (nSPS) is 16.5. The van der Waals surface area contributed by atoms with Crippen LogP contribution in [0.5, 0.6) is 0 Å². The summed E-state index contributed by atoms with van der Waals surface area (Å²) in [6.07, 6.45) is 6.43. The van der Waals surface area contributed by atoms with Crippen molar-refractivity contribution >= 4 is 29.9 Å². The molecular weight excluding hydrogens is 407 g/mol. The van der Waals surface area contributed by atoms with E-state index in [1.807, 2.05) is 7.05 Å². The first-order valence-electron chi connectivity index (χ1n) is 8.60. The predicted molar refractivity (Wildman–Crippen MR) is 107 cm³/mol. The molecule has 0 bridgehead atoms. The lowest BCUT2D eigenvalue weighted by Crippen LogP contribution is -2.42. The van der Waals surface area contributed by atoms with Gasteiger partial charge in [0.25, 0.3) is 0 Å². The molecule has 138 valence electrons. The van der Waals surface area contributed by atoms with Crippen LogP contribution in [0.4, 0.5) is 0 Å². The van der Waals surface area contributed by atoms with E-state index in [4.69, 9.17) is 9.47 Å².